The smallest absolute Gasteiger partial charge is 0.354 e. The number of thiophene rings is 1. The number of carbonyl (C=O) groups is 2. The SMILES string of the molecule is COC(=O)c1cccn1C1CCN(C(=O)c2ccc(C)s2)CC1. The molecule has 1 saturated heterocycles. The van der Waals surface area contributed by atoms with Crippen LogP contribution in [0, 0.1) is 6.92 Å². The Bertz CT molecular complexity index is 711. The zero-order chi connectivity index (χ0) is 16.4. The van der Waals surface area contributed by atoms with Crippen molar-refractivity contribution in [1.82, 2.24) is 9.47 Å². The van der Waals surface area contributed by atoms with Crippen LogP contribution in [0.5, 0.6) is 0 Å². The van der Waals surface area contributed by atoms with Gasteiger partial charge in [-0.05, 0) is 44.0 Å². The van der Waals surface area contributed by atoms with Crippen LogP contribution >= 0.6 is 11.3 Å². The first-order valence-electron chi connectivity index (χ1n) is 7.71. The van der Waals surface area contributed by atoms with Crippen molar-refractivity contribution in [3.63, 3.8) is 0 Å². The lowest BCUT2D eigenvalue weighted by Crippen LogP contribution is -2.39. The molecule has 0 aromatic carbocycles. The van der Waals surface area contributed by atoms with Crippen molar-refractivity contribution < 1.29 is 14.3 Å². The van der Waals surface area contributed by atoms with Crippen molar-refractivity contribution >= 4 is 23.2 Å². The normalized spacial score (nSPS) is 15.7. The molecule has 0 atom stereocenters. The molecule has 0 saturated carbocycles. The van der Waals surface area contributed by atoms with Crippen molar-refractivity contribution in [3.05, 3.63) is 45.9 Å². The fraction of sp³-hybridized carbons (Fsp3) is 0.412. The lowest BCUT2D eigenvalue weighted by atomic mass is 10.0. The number of piperidine rings is 1. The molecule has 3 rings (SSSR count). The molecule has 0 radical (unpaired) electrons. The van der Waals surface area contributed by atoms with E-state index >= 15 is 0 Å². The van der Waals surface area contributed by atoms with E-state index < -0.39 is 0 Å². The van der Waals surface area contributed by atoms with Crippen molar-refractivity contribution in [1.29, 1.82) is 0 Å². The van der Waals surface area contributed by atoms with Crippen LogP contribution in [-0.2, 0) is 4.74 Å². The number of methoxy groups -OCH3 is 1. The summed E-state index contributed by atoms with van der Waals surface area (Å²) in [5, 5.41) is 0. The molecule has 1 amide bonds. The Kier molecular flexibility index (Phi) is 4.52. The lowest BCUT2D eigenvalue weighted by Gasteiger charge is -2.33. The second-order valence-corrected chi connectivity index (χ2v) is 7.01. The molecule has 0 N–H and O–H groups in total. The number of aromatic nitrogens is 1. The quantitative estimate of drug-likeness (QED) is 0.812. The molecule has 0 spiro atoms. The zero-order valence-corrected chi connectivity index (χ0v) is 14.1. The average molecular weight is 332 g/mol. The van der Waals surface area contributed by atoms with Gasteiger partial charge >= 0.3 is 5.97 Å². The Morgan fingerprint density at radius 1 is 1.22 bits per heavy atom. The third-order valence-electron chi connectivity index (χ3n) is 4.27. The van der Waals surface area contributed by atoms with Gasteiger partial charge < -0.3 is 14.2 Å². The van der Waals surface area contributed by atoms with Gasteiger partial charge in [-0.25, -0.2) is 4.79 Å². The van der Waals surface area contributed by atoms with Crippen molar-refractivity contribution in [3.8, 4) is 0 Å². The molecule has 1 aliphatic heterocycles. The van der Waals surface area contributed by atoms with Crippen molar-refractivity contribution in [2.45, 2.75) is 25.8 Å². The molecule has 0 aliphatic carbocycles. The standard InChI is InChI=1S/C17H20N2O3S/c1-12-5-6-15(23-12)16(20)18-10-7-13(8-11-18)19-9-3-4-14(19)17(21)22-2/h3-6,9,13H,7-8,10-11H2,1-2H3. The maximum atomic E-state index is 12.5. The lowest BCUT2D eigenvalue weighted by molar-refractivity contribution is 0.0573. The van der Waals surface area contributed by atoms with E-state index in [1.54, 1.807) is 6.07 Å². The molecule has 1 fully saturated rings. The van der Waals surface area contributed by atoms with E-state index in [2.05, 4.69) is 0 Å². The first kappa shape index (κ1) is 15.8. The Labute approximate surface area is 139 Å². The highest BCUT2D eigenvalue weighted by Gasteiger charge is 2.27. The van der Waals surface area contributed by atoms with Gasteiger partial charge in [0.25, 0.3) is 5.91 Å². The van der Waals surface area contributed by atoms with Gasteiger partial charge in [0.2, 0.25) is 0 Å². The van der Waals surface area contributed by atoms with E-state index in [-0.39, 0.29) is 17.9 Å². The Balaban J connectivity index is 1.66. The highest BCUT2D eigenvalue weighted by Crippen LogP contribution is 2.27. The zero-order valence-electron chi connectivity index (χ0n) is 13.3. The van der Waals surface area contributed by atoms with Crippen LogP contribution in [0.25, 0.3) is 0 Å². The molecule has 2 aromatic rings. The summed E-state index contributed by atoms with van der Waals surface area (Å²) in [4.78, 5) is 28.1. The van der Waals surface area contributed by atoms with E-state index in [9.17, 15) is 9.59 Å². The summed E-state index contributed by atoms with van der Waals surface area (Å²) in [6.45, 7) is 3.42. The van der Waals surface area contributed by atoms with E-state index in [0.29, 0.717) is 18.8 Å². The van der Waals surface area contributed by atoms with Crippen LogP contribution in [0.4, 0.5) is 0 Å². The number of rotatable bonds is 3. The van der Waals surface area contributed by atoms with Gasteiger partial charge in [0, 0.05) is 30.2 Å². The highest BCUT2D eigenvalue weighted by atomic mass is 32.1. The fourth-order valence-electron chi connectivity index (χ4n) is 3.04. The summed E-state index contributed by atoms with van der Waals surface area (Å²) in [6, 6.07) is 7.74. The topological polar surface area (TPSA) is 51.5 Å². The van der Waals surface area contributed by atoms with Crippen molar-refractivity contribution in [2.75, 3.05) is 20.2 Å². The molecule has 122 valence electrons. The average Bonchev–Trinajstić information content (AvgIpc) is 3.22. The molecule has 23 heavy (non-hydrogen) atoms. The summed E-state index contributed by atoms with van der Waals surface area (Å²) in [7, 11) is 1.39. The molecular weight excluding hydrogens is 312 g/mol. The predicted molar refractivity (Wildman–Crippen MR) is 89.0 cm³/mol. The molecule has 3 heterocycles. The van der Waals surface area contributed by atoms with Crippen LogP contribution in [0.1, 0.15) is 43.9 Å². The number of aryl methyl sites for hydroxylation is 1. The maximum Gasteiger partial charge on any atom is 0.354 e. The van der Waals surface area contributed by atoms with Crippen LogP contribution < -0.4 is 0 Å². The molecule has 0 bridgehead atoms. The molecule has 0 unspecified atom stereocenters. The van der Waals surface area contributed by atoms with Gasteiger partial charge in [-0.3, -0.25) is 4.79 Å². The summed E-state index contributed by atoms with van der Waals surface area (Å²) >= 11 is 1.54. The number of esters is 1. The van der Waals surface area contributed by atoms with Crippen LogP contribution in [0.15, 0.2) is 30.5 Å². The number of ether oxygens (including phenoxy) is 1. The van der Waals surface area contributed by atoms with Gasteiger partial charge in [0.05, 0.1) is 12.0 Å². The Morgan fingerprint density at radius 3 is 2.57 bits per heavy atom. The summed E-state index contributed by atoms with van der Waals surface area (Å²) in [5.41, 5.74) is 0.575. The number of amides is 1. The van der Waals surface area contributed by atoms with Gasteiger partial charge in [0.1, 0.15) is 5.69 Å². The van der Waals surface area contributed by atoms with Crippen LogP contribution in [0.2, 0.25) is 0 Å². The maximum absolute atomic E-state index is 12.5. The number of nitrogens with zero attached hydrogens (tertiary/aromatic N) is 2. The molecule has 5 nitrogen and oxygen atoms in total. The molecular formula is C17H20N2O3S. The first-order valence-corrected chi connectivity index (χ1v) is 8.52. The van der Waals surface area contributed by atoms with Gasteiger partial charge in [0.15, 0.2) is 0 Å². The minimum Gasteiger partial charge on any atom is -0.464 e. The van der Waals surface area contributed by atoms with E-state index in [4.69, 9.17) is 4.74 Å². The van der Waals surface area contributed by atoms with E-state index in [1.165, 1.54) is 18.4 Å². The predicted octanol–water partition coefficient (Wildman–Crippen LogP) is 3.12. The molecule has 6 heteroatoms. The van der Waals surface area contributed by atoms with Gasteiger partial charge in [-0.2, -0.15) is 0 Å². The third-order valence-corrected chi connectivity index (χ3v) is 5.26. The van der Waals surface area contributed by atoms with Crippen LogP contribution in [-0.4, -0.2) is 41.5 Å². The fourth-order valence-corrected chi connectivity index (χ4v) is 3.88. The largest absolute Gasteiger partial charge is 0.464 e. The van der Waals surface area contributed by atoms with Crippen LogP contribution in [0.3, 0.4) is 0 Å². The molecule has 2 aromatic heterocycles. The minimum atomic E-state index is -0.317. The van der Waals surface area contributed by atoms with E-state index in [1.807, 2.05) is 40.8 Å². The van der Waals surface area contributed by atoms with E-state index in [0.717, 1.165) is 22.6 Å². The number of hydrogen-bond donors (Lipinski definition) is 0. The second kappa shape index (κ2) is 6.58. The van der Waals surface area contributed by atoms with Crippen molar-refractivity contribution in [2.24, 2.45) is 0 Å². The summed E-state index contributed by atoms with van der Waals surface area (Å²) in [6.07, 6.45) is 3.60. The highest BCUT2D eigenvalue weighted by molar-refractivity contribution is 7.13. The first-order chi connectivity index (χ1) is 11.1. The summed E-state index contributed by atoms with van der Waals surface area (Å²) in [5.74, 6) is -0.204. The number of carbonyl (C=O) groups excluding carboxylic acids is 2. The van der Waals surface area contributed by atoms with Gasteiger partial charge in [-0.15, -0.1) is 11.3 Å². The molecule has 1 aliphatic rings. The minimum absolute atomic E-state index is 0.113. The number of likely N-dealkylation sites (tertiary alicyclic amines) is 1. The van der Waals surface area contributed by atoms with Gasteiger partial charge in [-0.1, -0.05) is 0 Å². The number of hydrogen-bond acceptors (Lipinski definition) is 4. The summed E-state index contributed by atoms with van der Waals surface area (Å²) < 4.78 is 6.80. The third kappa shape index (κ3) is 3.17. The second-order valence-electron chi connectivity index (χ2n) is 5.73. The monoisotopic (exact) mass is 332 g/mol. The Morgan fingerprint density at radius 2 is 1.96 bits per heavy atom. The Hall–Kier alpha value is -2.08.